The van der Waals surface area contributed by atoms with Crippen LogP contribution in [0.25, 0.3) is 77.2 Å². The van der Waals surface area contributed by atoms with Crippen LogP contribution in [-0.4, -0.2) is 17.2 Å². The maximum Gasteiger partial charge on any atom is 0.179 e. The minimum Gasteiger partial charge on any atom is -0.307 e. The molecule has 0 N–H and O–H groups in total. The molecule has 0 aliphatic heterocycles. The molecule has 12 rings (SSSR count). The van der Waals surface area contributed by atoms with Crippen molar-refractivity contribution in [1.29, 1.82) is 0 Å². The van der Waals surface area contributed by atoms with Crippen LogP contribution in [-0.2, 0) is 0 Å². The highest BCUT2D eigenvalue weighted by molar-refractivity contribution is 7.20. The molecule has 63 heavy (non-hydrogen) atoms. The van der Waals surface area contributed by atoms with Gasteiger partial charge in [0.25, 0.3) is 0 Å². The van der Waals surface area contributed by atoms with Gasteiger partial charge in [-0.05, 0) is 73.8 Å². The summed E-state index contributed by atoms with van der Waals surface area (Å²) < 4.78 is 5.04. The zero-order chi connectivity index (χ0) is 41.7. The molecular formula is C60H42N2Si. The van der Waals surface area contributed by atoms with E-state index >= 15 is 0 Å². The van der Waals surface area contributed by atoms with Gasteiger partial charge in [0.2, 0.25) is 0 Å². The Kier molecular flexibility index (Phi) is 8.87. The molecular weight excluding hydrogens is 777 g/mol. The van der Waals surface area contributed by atoms with Gasteiger partial charge in [-0.15, -0.1) is 0 Å². The van der Waals surface area contributed by atoms with E-state index in [1.54, 1.807) is 0 Å². The first-order chi connectivity index (χ1) is 31.3. The van der Waals surface area contributed by atoms with Crippen LogP contribution in [0.2, 0.25) is 0 Å². The molecule has 2 heterocycles. The summed E-state index contributed by atoms with van der Waals surface area (Å²) >= 11 is 0. The lowest BCUT2D eigenvalue weighted by Gasteiger charge is -2.34. The van der Waals surface area contributed by atoms with E-state index < -0.39 is 8.07 Å². The monoisotopic (exact) mass is 818 g/mol. The highest BCUT2D eigenvalue weighted by Gasteiger charge is 2.41. The number of rotatable bonds is 8. The molecule has 12 aromatic rings. The van der Waals surface area contributed by atoms with Gasteiger partial charge in [0, 0.05) is 27.1 Å². The molecule has 0 amide bonds. The summed E-state index contributed by atoms with van der Waals surface area (Å²) in [5, 5.41) is 10.4. The molecule has 0 unspecified atom stereocenters. The molecule has 2 nitrogen and oxygen atoms in total. The molecule has 10 aromatic carbocycles. The Hall–Kier alpha value is -7.98. The first-order valence-electron chi connectivity index (χ1n) is 21.8. The minimum atomic E-state index is -2.77. The molecule has 2 aromatic heterocycles. The lowest BCUT2D eigenvalue weighted by atomic mass is 9.97. The van der Waals surface area contributed by atoms with Crippen LogP contribution in [0.5, 0.6) is 0 Å². The summed E-state index contributed by atoms with van der Waals surface area (Å²) in [6, 6.07) is 94.3. The highest BCUT2D eigenvalue weighted by atomic mass is 28.3. The zero-order valence-corrected chi connectivity index (χ0v) is 35.6. The van der Waals surface area contributed by atoms with E-state index in [0.717, 1.165) is 11.4 Å². The molecule has 0 saturated heterocycles. The number of hydrogen-bond acceptors (Lipinski definition) is 0. The lowest BCUT2D eigenvalue weighted by molar-refractivity contribution is 1.13. The van der Waals surface area contributed by atoms with E-state index in [-0.39, 0.29) is 0 Å². The van der Waals surface area contributed by atoms with Gasteiger partial charge in [-0.3, -0.25) is 0 Å². The molecule has 0 saturated carbocycles. The van der Waals surface area contributed by atoms with Crippen molar-refractivity contribution < 1.29 is 0 Å². The summed E-state index contributed by atoms with van der Waals surface area (Å²) in [7, 11) is -2.77. The number of para-hydroxylation sites is 3. The molecule has 0 bridgehead atoms. The van der Waals surface area contributed by atoms with Gasteiger partial charge in [0.1, 0.15) is 0 Å². The van der Waals surface area contributed by atoms with Gasteiger partial charge in [-0.25, -0.2) is 0 Å². The Labute approximate surface area is 368 Å². The Balaban J connectivity index is 1.16. The fourth-order valence-corrected chi connectivity index (χ4v) is 15.1. The van der Waals surface area contributed by atoms with Crippen molar-refractivity contribution in [3.05, 3.63) is 255 Å². The molecule has 0 radical (unpaired) electrons. The van der Waals surface area contributed by atoms with Crippen molar-refractivity contribution in [2.24, 2.45) is 0 Å². The average molecular weight is 819 g/mol. The second-order valence-corrected chi connectivity index (χ2v) is 20.2. The normalized spacial score (nSPS) is 11.8. The third-order valence-electron chi connectivity index (χ3n) is 13.1. The fourth-order valence-electron chi connectivity index (χ4n) is 10.4. The van der Waals surface area contributed by atoms with Crippen LogP contribution in [0.15, 0.2) is 255 Å². The Morgan fingerprint density at radius 2 is 0.730 bits per heavy atom. The second-order valence-electron chi connectivity index (χ2n) is 16.4. The molecule has 0 fully saturated rings. The number of fused-ring (bicyclic) bond motifs is 6. The fraction of sp³-hybridized carbons (Fsp3) is 0. The number of benzene rings is 10. The third kappa shape index (κ3) is 5.85. The summed E-state index contributed by atoms with van der Waals surface area (Å²) in [5.41, 5.74) is 11.8. The Morgan fingerprint density at radius 3 is 1.33 bits per heavy atom. The number of nitrogens with zero attached hydrogens (tertiary/aromatic N) is 2. The van der Waals surface area contributed by atoms with E-state index in [0.29, 0.717) is 0 Å². The Morgan fingerprint density at radius 1 is 0.254 bits per heavy atom. The first-order valence-corrected chi connectivity index (χ1v) is 23.8. The third-order valence-corrected chi connectivity index (χ3v) is 17.8. The number of aromatic nitrogens is 2. The maximum absolute atomic E-state index is 2.77. The van der Waals surface area contributed by atoms with Gasteiger partial charge in [-0.2, -0.15) is 0 Å². The number of hydrogen-bond donors (Lipinski definition) is 0. The molecule has 296 valence electrons. The van der Waals surface area contributed by atoms with Crippen LogP contribution in [0.4, 0.5) is 0 Å². The van der Waals surface area contributed by atoms with E-state index in [2.05, 4.69) is 264 Å². The molecule has 0 aliphatic carbocycles. The molecule has 0 spiro atoms. The topological polar surface area (TPSA) is 9.86 Å². The van der Waals surface area contributed by atoms with Gasteiger partial charge in [0.15, 0.2) is 8.07 Å². The van der Waals surface area contributed by atoms with Crippen molar-refractivity contribution in [1.82, 2.24) is 9.13 Å². The van der Waals surface area contributed by atoms with E-state index in [1.807, 2.05) is 0 Å². The first kappa shape index (κ1) is 36.8. The molecule has 0 aliphatic rings. The van der Waals surface area contributed by atoms with Crippen molar-refractivity contribution in [2.75, 3.05) is 0 Å². The smallest absolute Gasteiger partial charge is 0.179 e. The standard InChI is InChI=1S/C60H42N2Si/c1-6-21-43(22-7-1)45-37-39-57(53(41-45)44-23-8-2-9-24-44)62-56-35-19-16-31-50(56)52-33-20-36-59(60(52)62)61-55-34-18-17-32-51(55)54-42-49(38-40-58(54)61)63(46-25-10-3-11-26-46,47-27-12-4-13-28-47)48-29-14-5-15-30-48/h1-42H. The van der Waals surface area contributed by atoms with Crippen molar-refractivity contribution in [2.45, 2.75) is 0 Å². The van der Waals surface area contributed by atoms with Crippen molar-refractivity contribution in [3.63, 3.8) is 0 Å². The van der Waals surface area contributed by atoms with Gasteiger partial charge in [-0.1, -0.05) is 218 Å². The predicted molar refractivity (Wildman–Crippen MR) is 270 cm³/mol. The SMILES string of the molecule is c1ccc(-c2ccc(-n3c4ccccc4c4cccc(-n5c6ccccc6c6cc([Si](c7ccccc7)(c7ccccc7)c7ccccc7)ccc65)c43)c(-c3ccccc3)c2)cc1. The van der Waals surface area contributed by atoms with Crippen LogP contribution in [0.3, 0.4) is 0 Å². The van der Waals surface area contributed by atoms with Crippen LogP contribution < -0.4 is 20.7 Å². The van der Waals surface area contributed by atoms with Gasteiger partial charge >= 0.3 is 0 Å². The molecule has 3 heteroatoms. The average Bonchev–Trinajstić information content (AvgIpc) is 3.88. The van der Waals surface area contributed by atoms with Crippen LogP contribution in [0.1, 0.15) is 0 Å². The molecule has 0 atom stereocenters. The highest BCUT2D eigenvalue weighted by Crippen LogP contribution is 2.42. The van der Waals surface area contributed by atoms with E-state index in [4.69, 9.17) is 0 Å². The predicted octanol–water partition coefficient (Wildman–Crippen LogP) is 12.6. The largest absolute Gasteiger partial charge is 0.307 e. The van der Waals surface area contributed by atoms with Gasteiger partial charge in [0.05, 0.1) is 33.4 Å². The van der Waals surface area contributed by atoms with E-state index in [9.17, 15) is 0 Å². The van der Waals surface area contributed by atoms with Crippen molar-refractivity contribution in [3.8, 4) is 33.6 Å². The zero-order valence-electron chi connectivity index (χ0n) is 34.6. The maximum atomic E-state index is 2.53. The summed E-state index contributed by atoms with van der Waals surface area (Å²) in [6.07, 6.45) is 0. The lowest BCUT2D eigenvalue weighted by Crippen LogP contribution is -2.74. The van der Waals surface area contributed by atoms with Crippen molar-refractivity contribution >= 4 is 72.4 Å². The van der Waals surface area contributed by atoms with E-state index in [1.165, 1.54) is 86.6 Å². The quantitative estimate of drug-likeness (QED) is 0.107. The summed E-state index contributed by atoms with van der Waals surface area (Å²) in [6.45, 7) is 0. The van der Waals surface area contributed by atoms with Gasteiger partial charge < -0.3 is 9.13 Å². The summed E-state index contributed by atoms with van der Waals surface area (Å²) in [5.74, 6) is 0. The van der Waals surface area contributed by atoms with Crippen LogP contribution in [0, 0.1) is 0 Å². The van der Waals surface area contributed by atoms with Crippen LogP contribution >= 0.6 is 0 Å². The minimum absolute atomic E-state index is 1.14. The Bertz CT molecular complexity index is 3500. The second kappa shape index (κ2) is 15.2. The summed E-state index contributed by atoms with van der Waals surface area (Å²) in [4.78, 5) is 0.